The summed E-state index contributed by atoms with van der Waals surface area (Å²) in [4.78, 5) is 12.3. The van der Waals surface area contributed by atoms with Crippen LogP contribution in [0.3, 0.4) is 0 Å². The predicted molar refractivity (Wildman–Crippen MR) is 83.1 cm³/mol. The first-order valence-electron chi connectivity index (χ1n) is 5.92. The molecule has 0 atom stereocenters. The Bertz CT molecular complexity index is 567. The highest BCUT2D eigenvalue weighted by molar-refractivity contribution is 14.1. The fourth-order valence-electron chi connectivity index (χ4n) is 2.07. The van der Waals surface area contributed by atoms with Crippen molar-refractivity contribution in [3.05, 3.63) is 68.3 Å². The lowest BCUT2D eigenvalue weighted by Gasteiger charge is -2.09. The van der Waals surface area contributed by atoms with Crippen LogP contribution in [0.4, 0.5) is 0 Å². The van der Waals surface area contributed by atoms with Gasteiger partial charge in [0.25, 0.3) is 0 Å². The largest absolute Gasteiger partial charge is 0.294 e. The average molecular weight is 350 g/mol. The fourth-order valence-corrected chi connectivity index (χ4v) is 2.76. The lowest BCUT2D eigenvalue weighted by Crippen LogP contribution is -2.08. The van der Waals surface area contributed by atoms with Gasteiger partial charge in [0.15, 0.2) is 5.78 Å². The number of carbonyl (C=O) groups is 1. The first kappa shape index (κ1) is 13.3. The van der Waals surface area contributed by atoms with Gasteiger partial charge in [0.1, 0.15) is 0 Å². The van der Waals surface area contributed by atoms with Crippen molar-refractivity contribution in [1.82, 2.24) is 0 Å². The van der Waals surface area contributed by atoms with Gasteiger partial charge < -0.3 is 0 Å². The van der Waals surface area contributed by atoms with E-state index < -0.39 is 0 Å². The molecule has 0 saturated carbocycles. The summed E-state index contributed by atoms with van der Waals surface area (Å²) in [5, 5.41) is 0. The van der Waals surface area contributed by atoms with Gasteiger partial charge in [-0.3, -0.25) is 4.79 Å². The molecule has 0 aliphatic rings. The second kappa shape index (κ2) is 5.65. The fraction of sp³-hybridized carbons (Fsp3) is 0.188. The number of hydrogen-bond acceptors (Lipinski definition) is 1. The van der Waals surface area contributed by atoms with E-state index in [1.807, 2.05) is 30.3 Å². The lowest BCUT2D eigenvalue weighted by atomic mass is 9.96. The number of Topliss-reactive ketones (excluding diaryl/α,β-unsaturated/α-hetero) is 1. The first-order valence-corrected chi connectivity index (χ1v) is 7.00. The van der Waals surface area contributed by atoms with E-state index >= 15 is 0 Å². The van der Waals surface area contributed by atoms with Crippen molar-refractivity contribution in [3.63, 3.8) is 0 Å². The second-order valence-electron chi connectivity index (χ2n) is 4.45. The predicted octanol–water partition coefficient (Wildman–Crippen LogP) is 4.33. The van der Waals surface area contributed by atoms with Crippen molar-refractivity contribution in [2.24, 2.45) is 0 Å². The van der Waals surface area contributed by atoms with E-state index in [1.165, 1.54) is 11.1 Å². The Hall–Kier alpha value is -1.16. The SMILES string of the molecule is Cc1cccc(C)c1CC(=O)c1ccccc1I. The van der Waals surface area contributed by atoms with Crippen molar-refractivity contribution >= 4 is 28.4 Å². The van der Waals surface area contributed by atoms with Gasteiger partial charge in [-0.05, 0) is 59.2 Å². The molecule has 2 aromatic carbocycles. The first-order chi connectivity index (χ1) is 8.59. The molecule has 0 heterocycles. The van der Waals surface area contributed by atoms with Crippen molar-refractivity contribution in [2.45, 2.75) is 20.3 Å². The Morgan fingerprint density at radius 1 is 1.00 bits per heavy atom. The van der Waals surface area contributed by atoms with Crippen molar-refractivity contribution in [3.8, 4) is 0 Å². The molecule has 0 aliphatic heterocycles. The Balaban J connectivity index is 2.30. The third-order valence-corrected chi connectivity index (χ3v) is 4.10. The van der Waals surface area contributed by atoms with Crippen LogP contribution in [0, 0.1) is 17.4 Å². The van der Waals surface area contributed by atoms with Gasteiger partial charge in [0.05, 0.1) is 0 Å². The minimum absolute atomic E-state index is 0.192. The van der Waals surface area contributed by atoms with Crippen LogP contribution in [0.5, 0.6) is 0 Å². The summed E-state index contributed by atoms with van der Waals surface area (Å²) in [6.07, 6.45) is 0.485. The third kappa shape index (κ3) is 2.80. The highest BCUT2D eigenvalue weighted by atomic mass is 127. The standard InChI is InChI=1S/C16H15IO/c1-11-6-5-7-12(2)14(11)10-16(18)13-8-3-4-9-15(13)17/h3-9H,10H2,1-2H3. The zero-order chi connectivity index (χ0) is 13.1. The lowest BCUT2D eigenvalue weighted by molar-refractivity contribution is 0.0991. The molecule has 2 heteroatoms. The number of halogens is 1. The maximum atomic E-state index is 12.3. The van der Waals surface area contributed by atoms with Gasteiger partial charge in [0.2, 0.25) is 0 Å². The van der Waals surface area contributed by atoms with Crippen LogP contribution in [0.25, 0.3) is 0 Å². The van der Waals surface area contributed by atoms with Crippen LogP contribution in [-0.2, 0) is 6.42 Å². The smallest absolute Gasteiger partial charge is 0.168 e. The van der Waals surface area contributed by atoms with Crippen LogP contribution in [-0.4, -0.2) is 5.78 Å². The Morgan fingerprint density at radius 2 is 1.61 bits per heavy atom. The van der Waals surface area contributed by atoms with Gasteiger partial charge in [-0.1, -0.05) is 36.4 Å². The molecule has 0 N–H and O–H groups in total. The molecule has 0 bridgehead atoms. The van der Waals surface area contributed by atoms with Crippen molar-refractivity contribution in [1.29, 1.82) is 0 Å². The number of ketones is 1. The van der Waals surface area contributed by atoms with Gasteiger partial charge in [-0.25, -0.2) is 0 Å². The van der Waals surface area contributed by atoms with E-state index in [-0.39, 0.29) is 5.78 Å². The molecule has 0 spiro atoms. The summed E-state index contributed by atoms with van der Waals surface area (Å²) >= 11 is 2.21. The van der Waals surface area contributed by atoms with Gasteiger partial charge >= 0.3 is 0 Å². The van der Waals surface area contributed by atoms with Crippen molar-refractivity contribution < 1.29 is 4.79 Å². The molecule has 0 radical (unpaired) electrons. The Morgan fingerprint density at radius 3 is 2.22 bits per heavy atom. The summed E-state index contributed by atoms with van der Waals surface area (Å²) in [5.74, 6) is 0.192. The van der Waals surface area contributed by atoms with E-state index in [0.29, 0.717) is 6.42 Å². The molecule has 1 nitrogen and oxygen atoms in total. The molecule has 2 aromatic rings. The summed E-state index contributed by atoms with van der Waals surface area (Å²) in [7, 11) is 0. The van der Waals surface area contributed by atoms with E-state index in [4.69, 9.17) is 0 Å². The number of carbonyl (C=O) groups excluding carboxylic acids is 1. The molecular formula is C16H15IO. The molecule has 0 aliphatic carbocycles. The van der Waals surface area contributed by atoms with Crippen LogP contribution in [0.1, 0.15) is 27.0 Å². The highest BCUT2D eigenvalue weighted by Crippen LogP contribution is 2.18. The number of rotatable bonds is 3. The van der Waals surface area contributed by atoms with Gasteiger partial charge in [-0.15, -0.1) is 0 Å². The molecule has 0 fully saturated rings. The number of benzene rings is 2. The minimum Gasteiger partial charge on any atom is -0.294 e. The molecule has 0 unspecified atom stereocenters. The monoisotopic (exact) mass is 350 g/mol. The zero-order valence-electron chi connectivity index (χ0n) is 10.5. The van der Waals surface area contributed by atoms with E-state index in [0.717, 1.165) is 14.7 Å². The molecule has 2 rings (SSSR count). The molecule has 0 saturated heterocycles. The van der Waals surface area contributed by atoms with E-state index in [1.54, 1.807) is 0 Å². The van der Waals surface area contributed by atoms with Gasteiger partial charge in [0, 0.05) is 15.6 Å². The van der Waals surface area contributed by atoms with Crippen LogP contribution in [0.15, 0.2) is 42.5 Å². The molecule has 92 valence electrons. The maximum Gasteiger partial charge on any atom is 0.168 e. The quantitative estimate of drug-likeness (QED) is 0.595. The Labute approximate surface area is 121 Å². The highest BCUT2D eigenvalue weighted by Gasteiger charge is 2.12. The topological polar surface area (TPSA) is 17.1 Å². The molecular weight excluding hydrogens is 335 g/mol. The second-order valence-corrected chi connectivity index (χ2v) is 5.61. The van der Waals surface area contributed by atoms with Crippen LogP contribution >= 0.6 is 22.6 Å². The maximum absolute atomic E-state index is 12.3. The van der Waals surface area contributed by atoms with Crippen LogP contribution < -0.4 is 0 Å². The summed E-state index contributed by atoms with van der Waals surface area (Å²) in [5.41, 5.74) is 4.35. The summed E-state index contributed by atoms with van der Waals surface area (Å²) in [6, 6.07) is 13.9. The Kier molecular flexibility index (Phi) is 4.17. The van der Waals surface area contributed by atoms with Crippen LogP contribution in [0.2, 0.25) is 0 Å². The van der Waals surface area contributed by atoms with Crippen molar-refractivity contribution in [2.75, 3.05) is 0 Å². The number of aryl methyl sites for hydroxylation is 2. The van der Waals surface area contributed by atoms with E-state index in [2.05, 4.69) is 48.6 Å². The molecule has 0 aromatic heterocycles. The van der Waals surface area contributed by atoms with Gasteiger partial charge in [-0.2, -0.15) is 0 Å². The molecule has 18 heavy (non-hydrogen) atoms. The van der Waals surface area contributed by atoms with E-state index in [9.17, 15) is 4.79 Å². The molecule has 0 amide bonds. The zero-order valence-corrected chi connectivity index (χ0v) is 12.7. The summed E-state index contributed by atoms with van der Waals surface area (Å²) in [6.45, 7) is 4.12. The summed E-state index contributed by atoms with van der Waals surface area (Å²) < 4.78 is 1.02. The minimum atomic E-state index is 0.192. The third-order valence-electron chi connectivity index (χ3n) is 3.16. The number of hydrogen-bond donors (Lipinski definition) is 0. The normalized spacial score (nSPS) is 10.4. The average Bonchev–Trinajstić information content (AvgIpc) is 2.34.